The van der Waals surface area contributed by atoms with E-state index < -0.39 is 0 Å². The molecule has 0 atom stereocenters. The van der Waals surface area contributed by atoms with Gasteiger partial charge in [0.15, 0.2) is 0 Å². The van der Waals surface area contributed by atoms with Crippen molar-refractivity contribution in [3.63, 3.8) is 0 Å². The molecule has 2 amide bonds. The number of nitrogens with one attached hydrogen (secondary N) is 1. The van der Waals surface area contributed by atoms with Crippen molar-refractivity contribution in [2.75, 3.05) is 26.2 Å². The van der Waals surface area contributed by atoms with E-state index in [1.54, 1.807) is 17.4 Å². The standard InChI is InChI=1S/C20H23N3O2S/c1-16(24)21-19(14-17-6-3-2-4-7-17)20(25)23-11-9-22(10-12-23)15-18-8-5-13-26-18/h2-8,13-14H,9-12,15H2,1H3,(H,21,24)/b19-14-. The van der Waals surface area contributed by atoms with Crippen LogP contribution in [0.3, 0.4) is 0 Å². The Kier molecular flexibility index (Phi) is 6.20. The van der Waals surface area contributed by atoms with Crippen LogP contribution < -0.4 is 5.32 Å². The van der Waals surface area contributed by atoms with Crippen LogP contribution in [0, 0.1) is 0 Å². The zero-order valence-corrected chi connectivity index (χ0v) is 15.7. The van der Waals surface area contributed by atoms with E-state index in [0.29, 0.717) is 18.8 Å². The first-order valence-electron chi connectivity index (χ1n) is 8.70. The predicted molar refractivity (Wildman–Crippen MR) is 104 cm³/mol. The summed E-state index contributed by atoms with van der Waals surface area (Å²) in [5.41, 5.74) is 1.22. The molecule has 2 heterocycles. The Bertz CT molecular complexity index is 764. The molecule has 0 aliphatic carbocycles. The van der Waals surface area contributed by atoms with E-state index in [1.807, 2.05) is 35.2 Å². The average molecular weight is 369 g/mol. The molecule has 136 valence electrons. The first-order chi connectivity index (χ1) is 12.6. The van der Waals surface area contributed by atoms with Crippen molar-refractivity contribution in [1.29, 1.82) is 0 Å². The van der Waals surface area contributed by atoms with Gasteiger partial charge in [0.25, 0.3) is 5.91 Å². The highest BCUT2D eigenvalue weighted by atomic mass is 32.1. The van der Waals surface area contributed by atoms with E-state index in [2.05, 4.69) is 27.7 Å². The fraction of sp³-hybridized carbons (Fsp3) is 0.300. The van der Waals surface area contributed by atoms with Gasteiger partial charge in [-0.15, -0.1) is 11.3 Å². The van der Waals surface area contributed by atoms with Gasteiger partial charge in [-0.25, -0.2) is 0 Å². The second kappa shape index (κ2) is 8.78. The van der Waals surface area contributed by atoms with Crippen molar-refractivity contribution in [3.05, 3.63) is 64.0 Å². The van der Waals surface area contributed by atoms with Crippen molar-refractivity contribution < 1.29 is 9.59 Å². The van der Waals surface area contributed by atoms with E-state index in [4.69, 9.17) is 0 Å². The lowest BCUT2D eigenvalue weighted by Gasteiger charge is -2.34. The number of thiophene rings is 1. The van der Waals surface area contributed by atoms with Gasteiger partial charge in [-0.05, 0) is 23.1 Å². The summed E-state index contributed by atoms with van der Waals surface area (Å²) < 4.78 is 0. The normalized spacial score (nSPS) is 15.7. The Morgan fingerprint density at radius 2 is 1.81 bits per heavy atom. The fourth-order valence-corrected chi connectivity index (χ4v) is 3.71. The van der Waals surface area contributed by atoms with Crippen LogP contribution in [0.4, 0.5) is 0 Å². The van der Waals surface area contributed by atoms with Crippen LogP contribution in [0.15, 0.2) is 53.5 Å². The summed E-state index contributed by atoms with van der Waals surface area (Å²) >= 11 is 1.76. The quantitative estimate of drug-likeness (QED) is 0.824. The maximum Gasteiger partial charge on any atom is 0.270 e. The van der Waals surface area contributed by atoms with E-state index in [0.717, 1.165) is 25.2 Å². The predicted octanol–water partition coefficient (Wildman–Crippen LogP) is 2.57. The largest absolute Gasteiger partial charge is 0.335 e. The summed E-state index contributed by atoms with van der Waals surface area (Å²) in [4.78, 5) is 29.9. The zero-order chi connectivity index (χ0) is 18.4. The molecular formula is C20H23N3O2S. The number of nitrogens with zero attached hydrogens (tertiary/aromatic N) is 2. The molecule has 6 heteroatoms. The van der Waals surface area contributed by atoms with Crippen molar-refractivity contribution in [2.24, 2.45) is 0 Å². The lowest BCUT2D eigenvalue weighted by atomic mass is 10.1. The van der Waals surface area contributed by atoms with Crippen LogP contribution in [0.25, 0.3) is 6.08 Å². The number of benzene rings is 1. The lowest BCUT2D eigenvalue weighted by molar-refractivity contribution is -0.130. The Morgan fingerprint density at radius 3 is 2.42 bits per heavy atom. The lowest BCUT2D eigenvalue weighted by Crippen LogP contribution is -2.50. The molecular weight excluding hydrogens is 346 g/mol. The smallest absolute Gasteiger partial charge is 0.270 e. The monoisotopic (exact) mass is 369 g/mol. The number of carbonyl (C=O) groups excluding carboxylic acids is 2. The van der Waals surface area contributed by atoms with Crippen LogP contribution in [-0.4, -0.2) is 47.8 Å². The number of amides is 2. The first-order valence-corrected chi connectivity index (χ1v) is 9.58. The minimum absolute atomic E-state index is 0.125. The summed E-state index contributed by atoms with van der Waals surface area (Å²) in [5.74, 6) is -0.364. The highest BCUT2D eigenvalue weighted by Crippen LogP contribution is 2.15. The van der Waals surface area contributed by atoms with Gasteiger partial charge in [0.2, 0.25) is 5.91 Å². The van der Waals surface area contributed by atoms with Gasteiger partial charge >= 0.3 is 0 Å². The van der Waals surface area contributed by atoms with Crippen molar-refractivity contribution in [2.45, 2.75) is 13.5 Å². The SMILES string of the molecule is CC(=O)N/C(=C\c1ccccc1)C(=O)N1CCN(Cc2cccs2)CC1. The molecule has 1 aromatic carbocycles. The molecule has 0 spiro atoms. The summed E-state index contributed by atoms with van der Waals surface area (Å²) in [7, 11) is 0. The minimum Gasteiger partial charge on any atom is -0.335 e. The number of hydrogen-bond donors (Lipinski definition) is 1. The Labute approximate surface area is 157 Å². The van der Waals surface area contributed by atoms with Gasteiger partial charge in [0, 0.05) is 44.5 Å². The van der Waals surface area contributed by atoms with Gasteiger partial charge in [0.1, 0.15) is 5.70 Å². The minimum atomic E-state index is -0.239. The van der Waals surface area contributed by atoms with Crippen LogP contribution in [-0.2, 0) is 16.1 Å². The summed E-state index contributed by atoms with van der Waals surface area (Å²) in [5, 5.41) is 4.78. The molecule has 1 saturated heterocycles. The number of hydrogen-bond acceptors (Lipinski definition) is 4. The van der Waals surface area contributed by atoms with Crippen LogP contribution >= 0.6 is 11.3 Å². The van der Waals surface area contributed by atoms with Gasteiger partial charge in [-0.2, -0.15) is 0 Å². The van der Waals surface area contributed by atoms with Crippen molar-refractivity contribution >= 4 is 29.2 Å². The second-order valence-corrected chi connectivity index (χ2v) is 7.33. The molecule has 2 aromatic rings. The molecule has 5 nitrogen and oxygen atoms in total. The molecule has 26 heavy (non-hydrogen) atoms. The molecule has 0 radical (unpaired) electrons. The summed E-state index contributed by atoms with van der Waals surface area (Å²) in [6.45, 7) is 5.35. The average Bonchev–Trinajstić information content (AvgIpc) is 3.15. The van der Waals surface area contributed by atoms with Crippen LogP contribution in [0.5, 0.6) is 0 Å². The van der Waals surface area contributed by atoms with Crippen LogP contribution in [0.2, 0.25) is 0 Å². The third kappa shape index (κ3) is 5.03. The molecule has 1 aliphatic rings. The third-order valence-electron chi connectivity index (χ3n) is 4.27. The molecule has 1 fully saturated rings. The Hall–Kier alpha value is -2.44. The molecule has 0 saturated carbocycles. The maximum absolute atomic E-state index is 12.9. The maximum atomic E-state index is 12.9. The molecule has 1 aliphatic heterocycles. The molecule has 1 N–H and O–H groups in total. The van der Waals surface area contributed by atoms with Gasteiger partial charge in [-0.1, -0.05) is 36.4 Å². The summed E-state index contributed by atoms with van der Waals surface area (Å²) in [6, 6.07) is 13.8. The van der Waals surface area contributed by atoms with E-state index >= 15 is 0 Å². The Balaban J connectivity index is 1.64. The van der Waals surface area contributed by atoms with Gasteiger partial charge in [0.05, 0.1) is 0 Å². The fourth-order valence-electron chi connectivity index (χ4n) is 2.96. The summed E-state index contributed by atoms with van der Waals surface area (Å²) in [6.07, 6.45) is 1.74. The first kappa shape index (κ1) is 18.4. The Morgan fingerprint density at radius 1 is 1.08 bits per heavy atom. The molecule has 0 unspecified atom stereocenters. The highest BCUT2D eigenvalue weighted by Gasteiger charge is 2.24. The molecule has 3 rings (SSSR count). The second-order valence-electron chi connectivity index (χ2n) is 6.30. The van der Waals surface area contributed by atoms with Crippen molar-refractivity contribution in [1.82, 2.24) is 15.1 Å². The number of piperazine rings is 1. The van der Waals surface area contributed by atoms with E-state index in [1.165, 1.54) is 11.8 Å². The number of carbonyl (C=O) groups is 2. The van der Waals surface area contributed by atoms with E-state index in [-0.39, 0.29) is 11.8 Å². The van der Waals surface area contributed by atoms with Crippen molar-refractivity contribution in [3.8, 4) is 0 Å². The number of rotatable bonds is 5. The van der Waals surface area contributed by atoms with Crippen LogP contribution in [0.1, 0.15) is 17.4 Å². The van der Waals surface area contributed by atoms with Gasteiger partial charge < -0.3 is 10.2 Å². The topological polar surface area (TPSA) is 52.7 Å². The van der Waals surface area contributed by atoms with Gasteiger partial charge in [-0.3, -0.25) is 14.5 Å². The molecule has 1 aromatic heterocycles. The molecule has 0 bridgehead atoms. The third-order valence-corrected chi connectivity index (χ3v) is 5.13. The van der Waals surface area contributed by atoms with E-state index in [9.17, 15) is 9.59 Å². The highest BCUT2D eigenvalue weighted by molar-refractivity contribution is 7.09. The zero-order valence-electron chi connectivity index (χ0n) is 14.9.